The molecule has 0 radical (unpaired) electrons. The topological polar surface area (TPSA) is 45.6 Å². The van der Waals surface area contributed by atoms with E-state index in [2.05, 4.69) is 9.72 Å². The molecule has 1 saturated heterocycles. The highest BCUT2D eigenvalue weighted by molar-refractivity contribution is 5.42. The van der Waals surface area contributed by atoms with Gasteiger partial charge in [-0.1, -0.05) is 0 Å². The molecule has 1 atom stereocenters. The number of rotatable bonds is 2. The Kier molecular flexibility index (Phi) is 3.10. The monoisotopic (exact) mass is 262 g/mol. The SMILES string of the molecule is CC1(O)CCN(c2ccc(OC(F)(F)F)cn2)C1. The van der Waals surface area contributed by atoms with Crippen LogP contribution in [0.5, 0.6) is 5.75 Å². The standard InChI is InChI=1S/C11H13F3N2O2/c1-10(17)4-5-16(7-10)9-3-2-8(6-15-9)18-11(12,13)14/h2-3,6,17H,4-5,7H2,1H3. The molecule has 1 aromatic rings. The summed E-state index contributed by atoms with van der Waals surface area (Å²) in [5.74, 6) is 0.180. The summed E-state index contributed by atoms with van der Waals surface area (Å²) in [6, 6.07) is 2.66. The maximum Gasteiger partial charge on any atom is 0.573 e. The minimum Gasteiger partial charge on any atom is -0.404 e. The first-order valence-corrected chi connectivity index (χ1v) is 5.44. The van der Waals surface area contributed by atoms with Crippen molar-refractivity contribution in [2.24, 2.45) is 0 Å². The van der Waals surface area contributed by atoms with E-state index in [4.69, 9.17) is 0 Å². The van der Waals surface area contributed by atoms with Crippen molar-refractivity contribution in [3.63, 3.8) is 0 Å². The molecule has 0 aliphatic carbocycles. The van der Waals surface area contributed by atoms with Crippen LogP contribution >= 0.6 is 0 Å². The van der Waals surface area contributed by atoms with Crippen molar-refractivity contribution in [3.8, 4) is 5.75 Å². The van der Waals surface area contributed by atoms with Gasteiger partial charge in [0, 0.05) is 13.1 Å². The van der Waals surface area contributed by atoms with Gasteiger partial charge in [0.25, 0.3) is 0 Å². The summed E-state index contributed by atoms with van der Waals surface area (Å²) in [4.78, 5) is 5.72. The van der Waals surface area contributed by atoms with Crippen molar-refractivity contribution in [2.45, 2.75) is 25.3 Å². The van der Waals surface area contributed by atoms with Crippen molar-refractivity contribution in [2.75, 3.05) is 18.0 Å². The Morgan fingerprint density at radius 1 is 1.44 bits per heavy atom. The molecule has 1 aromatic heterocycles. The lowest BCUT2D eigenvalue weighted by molar-refractivity contribution is -0.274. The van der Waals surface area contributed by atoms with E-state index in [0.717, 1.165) is 6.20 Å². The molecule has 1 aliphatic heterocycles. The highest BCUT2D eigenvalue weighted by Crippen LogP contribution is 2.27. The lowest BCUT2D eigenvalue weighted by atomic mass is 10.1. The van der Waals surface area contributed by atoms with E-state index in [1.807, 2.05) is 4.90 Å². The van der Waals surface area contributed by atoms with E-state index >= 15 is 0 Å². The fourth-order valence-corrected chi connectivity index (χ4v) is 1.89. The summed E-state index contributed by atoms with van der Waals surface area (Å²) in [5, 5.41) is 9.79. The summed E-state index contributed by atoms with van der Waals surface area (Å²) in [7, 11) is 0. The average molecular weight is 262 g/mol. The van der Waals surface area contributed by atoms with E-state index in [1.165, 1.54) is 12.1 Å². The fourth-order valence-electron chi connectivity index (χ4n) is 1.89. The lowest BCUT2D eigenvalue weighted by Gasteiger charge is -2.20. The van der Waals surface area contributed by atoms with Gasteiger partial charge in [-0.3, -0.25) is 0 Å². The summed E-state index contributed by atoms with van der Waals surface area (Å²) >= 11 is 0. The zero-order valence-corrected chi connectivity index (χ0v) is 9.74. The van der Waals surface area contributed by atoms with E-state index in [9.17, 15) is 18.3 Å². The Hall–Kier alpha value is -1.50. The number of aromatic nitrogens is 1. The number of halogens is 3. The number of aliphatic hydroxyl groups is 1. The van der Waals surface area contributed by atoms with Crippen LogP contribution < -0.4 is 9.64 Å². The first kappa shape index (κ1) is 12.9. The third-order valence-corrected chi connectivity index (χ3v) is 2.73. The molecule has 0 amide bonds. The summed E-state index contributed by atoms with van der Waals surface area (Å²) in [6.07, 6.45) is -3.08. The number of alkyl halides is 3. The summed E-state index contributed by atoms with van der Waals surface area (Å²) < 4.78 is 39.6. The molecule has 1 unspecified atom stereocenters. The quantitative estimate of drug-likeness (QED) is 0.884. The van der Waals surface area contributed by atoms with Crippen LogP contribution in [-0.4, -0.2) is 35.1 Å². The maximum atomic E-state index is 12.0. The molecular weight excluding hydrogens is 249 g/mol. The van der Waals surface area contributed by atoms with Crippen LogP contribution in [0.2, 0.25) is 0 Å². The Labute approximate surface area is 102 Å². The molecule has 2 rings (SSSR count). The van der Waals surface area contributed by atoms with Gasteiger partial charge in [-0.15, -0.1) is 13.2 Å². The van der Waals surface area contributed by atoms with Crippen molar-refractivity contribution in [1.82, 2.24) is 4.98 Å². The third kappa shape index (κ3) is 3.25. The highest BCUT2D eigenvalue weighted by Gasteiger charge is 2.33. The second kappa shape index (κ2) is 4.31. The maximum absolute atomic E-state index is 12.0. The van der Waals surface area contributed by atoms with Gasteiger partial charge in [0.05, 0.1) is 11.8 Å². The van der Waals surface area contributed by atoms with Crippen LogP contribution in [0.1, 0.15) is 13.3 Å². The molecule has 1 aliphatic rings. The minimum atomic E-state index is -4.71. The Bertz CT molecular complexity index is 417. The number of hydrogen-bond acceptors (Lipinski definition) is 4. The smallest absolute Gasteiger partial charge is 0.404 e. The van der Waals surface area contributed by atoms with Gasteiger partial charge in [0.2, 0.25) is 0 Å². The van der Waals surface area contributed by atoms with E-state index in [1.54, 1.807) is 6.92 Å². The molecule has 4 nitrogen and oxygen atoms in total. The molecule has 100 valence electrons. The van der Waals surface area contributed by atoms with E-state index < -0.39 is 12.0 Å². The van der Waals surface area contributed by atoms with Gasteiger partial charge in [-0.05, 0) is 25.5 Å². The van der Waals surface area contributed by atoms with Crippen LogP contribution in [0.25, 0.3) is 0 Å². The molecule has 1 fully saturated rings. The Morgan fingerprint density at radius 2 is 2.17 bits per heavy atom. The lowest BCUT2D eigenvalue weighted by Crippen LogP contribution is -2.29. The number of pyridine rings is 1. The molecule has 1 N–H and O–H groups in total. The second-order valence-electron chi connectivity index (χ2n) is 4.57. The fraction of sp³-hybridized carbons (Fsp3) is 0.545. The van der Waals surface area contributed by atoms with Crippen LogP contribution in [0.4, 0.5) is 19.0 Å². The number of β-amino-alcohol motifs (C(OH)–C–C–N with tert-alkyl or cyclic N) is 1. The summed E-state index contributed by atoms with van der Waals surface area (Å²) in [6.45, 7) is 2.76. The van der Waals surface area contributed by atoms with Crippen molar-refractivity contribution >= 4 is 5.82 Å². The number of ether oxygens (including phenoxy) is 1. The zero-order valence-electron chi connectivity index (χ0n) is 9.74. The number of hydrogen-bond donors (Lipinski definition) is 1. The first-order chi connectivity index (χ1) is 8.25. The van der Waals surface area contributed by atoms with Crippen LogP contribution in [-0.2, 0) is 0 Å². The van der Waals surface area contributed by atoms with Crippen molar-refractivity contribution in [3.05, 3.63) is 18.3 Å². The first-order valence-electron chi connectivity index (χ1n) is 5.44. The van der Waals surface area contributed by atoms with Crippen LogP contribution in [0.3, 0.4) is 0 Å². The predicted molar refractivity (Wildman–Crippen MR) is 58.4 cm³/mol. The van der Waals surface area contributed by atoms with Gasteiger partial charge in [0.1, 0.15) is 11.6 Å². The molecule has 0 spiro atoms. The van der Waals surface area contributed by atoms with Crippen molar-refractivity contribution in [1.29, 1.82) is 0 Å². The van der Waals surface area contributed by atoms with Crippen molar-refractivity contribution < 1.29 is 23.0 Å². The van der Waals surface area contributed by atoms with Gasteiger partial charge in [0.15, 0.2) is 0 Å². The molecular formula is C11H13F3N2O2. The van der Waals surface area contributed by atoms with Gasteiger partial charge in [-0.2, -0.15) is 0 Å². The van der Waals surface area contributed by atoms with E-state index in [-0.39, 0.29) is 5.75 Å². The minimum absolute atomic E-state index is 0.350. The molecule has 18 heavy (non-hydrogen) atoms. The largest absolute Gasteiger partial charge is 0.573 e. The second-order valence-corrected chi connectivity index (χ2v) is 4.57. The van der Waals surface area contributed by atoms with Gasteiger partial charge < -0.3 is 14.7 Å². The normalized spacial score (nSPS) is 24.4. The number of anilines is 1. The van der Waals surface area contributed by atoms with Gasteiger partial charge in [-0.25, -0.2) is 4.98 Å². The zero-order chi connectivity index (χ0) is 13.4. The predicted octanol–water partition coefficient (Wildman–Crippen LogP) is 1.94. The molecule has 0 saturated carbocycles. The average Bonchev–Trinajstić information content (AvgIpc) is 2.57. The summed E-state index contributed by atoms with van der Waals surface area (Å²) in [5.41, 5.74) is -0.775. The highest BCUT2D eigenvalue weighted by atomic mass is 19.4. The van der Waals surface area contributed by atoms with Crippen LogP contribution in [0.15, 0.2) is 18.3 Å². The third-order valence-electron chi connectivity index (χ3n) is 2.73. The number of nitrogens with zero attached hydrogens (tertiary/aromatic N) is 2. The molecule has 7 heteroatoms. The molecule has 2 heterocycles. The van der Waals surface area contributed by atoms with Crippen LogP contribution in [0, 0.1) is 0 Å². The molecule has 0 bridgehead atoms. The Balaban J connectivity index is 2.05. The molecule has 0 aromatic carbocycles. The Morgan fingerprint density at radius 3 is 2.61 bits per heavy atom. The van der Waals surface area contributed by atoms with Gasteiger partial charge >= 0.3 is 6.36 Å². The van der Waals surface area contributed by atoms with E-state index in [0.29, 0.717) is 25.3 Å².